The summed E-state index contributed by atoms with van der Waals surface area (Å²) in [5, 5.41) is 8.42. The van der Waals surface area contributed by atoms with Crippen LogP contribution in [-0.2, 0) is 32.1 Å². The van der Waals surface area contributed by atoms with Gasteiger partial charge in [0, 0.05) is 19.4 Å². The Kier molecular flexibility index (Phi) is 20.7. The normalized spacial score (nSPS) is 15.6. The molecule has 0 heterocycles. The molecule has 6 nitrogen and oxygen atoms in total. The van der Waals surface area contributed by atoms with Gasteiger partial charge in [0.25, 0.3) is 0 Å². The molecule has 1 unspecified atom stereocenters. The van der Waals surface area contributed by atoms with Crippen LogP contribution in [0.5, 0.6) is 0 Å². The van der Waals surface area contributed by atoms with Gasteiger partial charge in [-0.15, -0.1) is 19.6 Å². The number of ketones is 2. The Morgan fingerprint density at radius 2 is 1.78 bits per heavy atom. The Hall–Kier alpha value is 1.56. The third-order valence-electron chi connectivity index (χ3n) is 5.11. The van der Waals surface area contributed by atoms with E-state index in [1.807, 2.05) is 24.3 Å². The van der Waals surface area contributed by atoms with Gasteiger partial charge in [0.05, 0.1) is 18.4 Å². The first-order chi connectivity index (χ1) is 14.5. The van der Waals surface area contributed by atoms with Crippen LogP contribution >= 0.6 is 0 Å². The number of ether oxygens (including phenoxy) is 1. The molecule has 1 aromatic rings. The first-order valence-electron chi connectivity index (χ1n) is 11.0. The molecule has 0 spiro atoms. The molecule has 1 saturated carbocycles. The van der Waals surface area contributed by atoms with Crippen LogP contribution in [0.15, 0.2) is 24.3 Å². The summed E-state index contributed by atoms with van der Waals surface area (Å²) in [5.41, 5.74) is 1.79. The molecule has 0 N–H and O–H groups in total. The molecule has 1 aromatic carbocycles. The van der Waals surface area contributed by atoms with Crippen molar-refractivity contribution in [3.8, 4) is 0 Å². The zero-order chi connectivity index (χ0) is 21.8. The topological polar surface area (TPSA) is 88.6 Å². The van der Waals surface area contributed by atoms with Crippen molar-refractivity contribution in [3.05, 3.63) is 46.0 Å². The summed E-state index contributed by atoms with van der Waals surface area (Å²) in [4.78, 5) is 36.1. The number of benzene rings is 1. The van der Waals surface area contributed by atoms with Gasteiger partial charge in [-0.2, -0.15) is 0 Å². The van der Waals surface area contributed by atoms with Gasteiger partial charge in [-0.05, 0) is 24.8 Å². The summed E-state index contributed by atoms with van der Waals surface area (Å²) in [5.74, 6) is -0.0186. The van der Waals surface area contributed by atoms with Crippen LogP contribution in [0, 0.1) is 11.8 Å². The number of hydrogen-bond donors (Lipinski definition) is 0. The van der Waals surface area contributed by atoms with Crippen molar-refractivity contribution in [3.63, 3.8) is 0 Å². The Labute approximate surface area is 290 Å². The Balaban J connectivity index is 0.00000480. The number of Topliss-reactive ketones (excluding diaryl/α,β-unsaturated/α-hetero) is 2. The summed E-state index contributed by atoms with van der Waals surface area (Å²) >= 11 is 0. The Bertz CT molecular complexity index is 696. The fraction of sp³-hybridized carbons (Fsp3) is 0.625. The number of amides is 1. The van der Waals surface area contributed by atoms with Gasteiger partial charge in [0.1, 0.15) is 11.6 Å². The summed E-state index contributed by atoms with van der Waals surface area (Å²) in [6.07, 6.45) is 4.16. The van der Waals surface area contributed by atoms with Gasteiger partial charge in [-0.3, -0.25) is 9.59 Å². The van der Waals surface area contributed by atoms with Crippen molar-refractivity contribution < 1.29 is 135 Å². The van der Waals surface area contributed by atoms with Crippen molar-refractivity contribution in [1.29, 1.82) is 0 Å². The van der Waals surface area contributed by atoms with E-state index in [-0.39, 0.29) is 147 Å². The first-order valence-corrected chi connectivity index (χ1v) is 11.0. The third-order valence-corrected chi connectivity index (χ3v) is 5.11. The minimum Gasteiger partial charge on any atom is -0.662 e. The van der Waals surface area contributed by atoms with Gasteiger partial charge in [0.2, 0.25) is 0 Å². The molecule has 1 fully saturated rings. The molecule has 166 valence electrons. The minimum atomic E-state index is -0.421. The predicted molar refractivity (Wildman–Crippen MR) is 118 cm³/mol. The molecular formula is C24H34N2O4Rb2. The smallest absolute Gasteiger partial charge is 0.662 e. The molecule has 8 heteroatoms. The van der Waals surface area contributed by atoms with E-state index in [1.165, 1.54) is 0 Å². The molecule has 1 amide bonds. The minimum absolute atomic E-state index is 0. The molecular weight excluding hydrogens is 551 g/mol. The molecule has 1 aliphatic rings. The summed E-state index contributed by atoms with van der Waals surface area (Å²) in [6, 6.07) is 7.49. The number of rotatable bonds is 13. The van der Waals surface area contributed by atoms with E-state index in [4.69, 9.17) is 4.74 Å². The summed E-state index contributed by atoms with van der Waals surface area (Å²) in [6.45, 7) is 6.68. The standard InChI is InChI=1S/C24H35N2O4.2Rb/c1-18(2)15-25-12-5-13-30-17-24(29)26-16-20-10-8-19(9-11-20)14-23(28)21-6-3-4-7-22(21)27;;/h8-11,18,21H,3-7,12-17H2,1-2H3,(H,26,29);;/q-1;2*+1/p-1. The maximum Gasteiger partial charge on any atom is 1.00 e. The maximum atomic E-state index is 12.4. The molecule has 1 aliphatic carbocycles. The maximum absolute atomic E-state index is 12.4. The molecule has 1 atom stereocenters. The Morgan fingerprint density at radius 1 is 1.09 bits per heavy atom. The van der Waals surface area contributed by atoms with Crippen molar-refractivity contribution in [2.45, 2.75) is 58.9 Å². The van der Waals surface area contributed by atoms with E-state index in [0.29, 0.717) is 31.9 Å². The van der Waals surface area contributed by atoms with E-state index in [2.05, 4.69) is 24.5 Å². The Morgan fingerprint density at radius 3 is 2.44 bits per heavy atom. The van der Waals surface area contributed by atoms with E-state index in [9.17, 15) is 14.4 Å². The number of hydrogen-bond acceptors (Lipinski definition) is 4. The fourth-order valence-electron chi connectivity index (χ4n) is 3.42. The van der Waals surface area contributed by atoms with Gasteiger partial charge < -0.3 is 20.2 Å². The molecule has 0 aromatic heterocycles. The second kappa shape index (κ2) is 19.7. The van der Waals surface area contributed by atoms with Crippen molar-refractivity contribution in [2.24, 2.45) is 11.8 Å². The third kappa shape index (κ3) is 14.2. The van der Waals surface area contributed by atoms with Crippen molar-refractivity contribution >= 4 is 17.5 Å². The number of nitrogens with zero attached hydrogens (tertiary/aromatic N) is 2. The van der Waals surface area contributed by atoms with Gasteiger partial charge >= 0.3 is 116 Å². The van der Waals surface area contributed by atoms with Crippen LogP contribution in [-0.4, -0.2) is 43.8 Å². The van der Waals surface area contributed by atoms with Crippen LogP contribution in [0.25, 0.3) is 10.6 Å². The monoisotopic (exact) mass is 584 g/mol. The zero-order valence-corrected chi connectivity index (χ0v) is 30.1. The van der Waals surface area contributed by atoms with Crippen LogP contribution in [0.4, 0.5) is 0 Å². The van der Waals surface area contributed by atoms with E-state index >= 15 is 0 Å². The van der Waals surface area contributed by atoms with Crippen LogP contribution in [0.1, 0.15) is 57.1 Å². The summed E-state index contributed by atoms with van der Waals surface area (Å²) < 4.78 is 5.35. The average molecular weight is 585 g/mol. The predicted octanol–water partition coefficient (Wildman–Crippen LogP) is -1.60. The average Bonchev–Trinajstić information content (AvgIpc) is 2.72. The van der Waals surface area contributed by atoms with Crippen molar-refractivity contribution in [2.75, 3.05) is 26.3 Å². The van der Waals surface area contributed by atoms with Gasteiger partial charge in [0.15, 0.2) is 0 Å². The second-order valence-electron chi connectivity index (χ2n) is 8.36. The van der Waals surface area contributed by atoms with E-state index < -0.39 is 5.92 Å². The second-order valence-corrected chi connectivity index (χ2v) is 8.36. The van der Waals surface area contributed by atoms with Gasteiger partial charge in [-0.25, -0.2) is 0 Å². The SMILES string of the molecule is CC(C)C[N-]CCCOCC(=O)[N-]Cc1ccc(CC(=O)C2CCCCC2=O)cc1.[Rb+].[Rb+]. The number of carbonyl (C=O) groups excluding carboxylic acids is 3. The van der Waals surface area contributed by atoms with Crippen LogP contribution in [0.3, 0.4) is 0 Å². The molecule has 2 rings (SSSR count). The van der Waals surface area contributed by atoms with E-state index in [0.717, 1.165) is 43.5 Å². The first kappa shape index (κ1) is 33.6. The van der Waals surface area contributed by atoms with Gasteiger partial charge in [-0.1, -0.05) is 56.0 Å². The van der Waals surface area contributed by atoms with Crippen LogP contribution < -0.4 is 116 Å². The summed E-state index contributed by atoms with van der Waals surface area (Å²) in [7, 11) is 0. The van der Waals surface area contributed by atoms with Crippen LogP contribution in [0.2, 0.25) is 0 Å². The zero-order valence-electron chi connectivity index (χ0n) is 20.3. The molecule has 0 saturated heterocycles. The van der Waals surface area contributed by atoms with E-state index in [1.54, 1.807) is 0 Å². The van der Waals surface area contributed by atoms with Crippen molar-refractivity contribution in [1.82, 2.24) is 0 Å². The number of carbonyl (C=O) groups is 3. The molecule has 0 bridgehead atoms. The largest absolute Gasteiger partial charge is 1.00 e. The molecule has 32 heavy (non-hydrogen) atoms. The molecule has 0 radical (unpaired) electrons. The quantitative estimate of drug-likeness (QED) is 0.206. The fourth-order valence-corrected chi connectivity index (χ4v) is 3.42. The molecule has 0 aliphatic heterocycles.